The first-order chi connectivity index (χ1) is 7.77. The number of para-hydroxylation sites is 2. The van der Waals surface area contributed by atoms with Gasteiger partial charge in [0.15, 0.2) is 0 Å². The monoisotopic (exact) mass is 239 g/mol. The Morgan fingerprint density at radius 2 is 2.19 bits per heavy atom. The Morgan fingerprint density at radius 3 is 2.88 bits per heavy atom. The summed E-state index contributed by atoms with van der Waals surface area (Å²) < 4.78 is 5.54. The van der Waals surface area contributed by atoms with Gasteiger partial charge in [-0.3, -0.25) is 4.79 Å². The van der Waals surface area contributed by atoms with E-state index in [2.05, 4.69) is 12.2 Å². The van der Waals surface area contributed by atoms with Gasteiger partial charge in [-0.25, -0.2) is 0 Å². The van der Waals surface area contributed by atoms with Crippen molar-refractivity contribution in [3.8, 4) is 5.75 Å². The van der Waals surface area contributed by atoms with Crippen LogP contribution in [0.2, 0.25) is 0 Å². The number of anilines is 1. The zero-order valence-electron chi connectivity index (χ0n) is 9.66. The van der Waals surface area contributed by atoms with Crippen LogP contribution in [0.4, 0.5) is 5.69 Å². The normalized spacial score (nSPS) is 9.88. The number of benzene rings is 1. The third-order valence-corrected chi connectivity index (χ3v) is 2.45. The van der Waals surface area contributed by atoms with Gasteiger partial charge in [-0.2, -0.15) is 11.8 Å². The number of ether oxygens (including phenoxy) is 1. The number of nitrogens with one attached hydrogen (secondary N) is 1. The van der Waals surface area contributed by atoms with Crippen molar-refractivity contribution in [1.29, 1.82) is 0 Å². The van der Waals surface area contributed by atoms with E-state index in [9.17, 15) is 4.79 Å². The van der Waals surface area contributed by atoms with Crippen LogP contribution in [0.5, 0.6) is 5.75 Å². The van der Waals surface area contributed by atoms with E-state index in [1.807, 2.05) is 30.5 Å². The Hall–Kier alpha value is -1.16. The molecule has 0 radical (unpaired) electrons. The highest BCUT2D eigenvalue weighted by Crippen LogP contribution is 2.23. The molecule has 0 spiro atoms. The zero-order valence-corrected chi connectivity index (χ0v) is 10.5. The van der Waals surface area contributed by atoms with Gasteiger partial charge in [-0.15, -0.1) is 0 Å². The third-order valence-electron chi connectivity index (χ3n) is 1.90. The molecule has 88 valence electrons. The molecule has 0 bridgehead atoms. The molecule has 0 aliphatic carbocycles. The highest BCUT2D eigenvalue weighted by molar-refractivity contribution is 7.99. The molecular formula is C12H17NO2S. The molecule has 0 unspecified atom stereocenters. The fourth-order valence-electron chi connectivity index (χ4n) is 1.23. The summed E-state index contributed by atoms with van der Waals surface area (Å²) in [4.78, 5) is 11.5. The number of hydrogen-bond acceptors (Lipinski definition) is 3. The second-order valence-corrected chi connectivity index (χ2v) is 4.19. The van der Waals surface area contributed by atoms with Crippen LogP contribution in [0.25, 0.3) is 0 Å². The van der Waals surface area contributed by atoms with Gasteiger partial charge >= 0.3 is 0 Å². The van der Waals surface area contributed by atoms with Crippen molar-refractivity contribution in [1.82, 2.24) is 0 Å². The van der Waals surface area contributed by atoms with Crippen molar-refractivity contribution >= 4 is 23.4 Å². The van der Waals surface area contributed by atoms with E-state index in [4.69, 9.17) is 4.74 Å². The molecule has 1 rings (SSSR count). The molecule has 3 nitrogen and oxygen atoms in total. The lowest BCUT2D eigenvalue weighted by molar-refractivity contribution is -0.113. The first-order valence-corrected chi connectivity index (χ1v) is 6.68. The number of hydrogen-bond donors (Lipinski definition) is 1. The molecule has 0 saturated carbocycles. The van der Waals surface area contributed by atoms with Gasteiger partial charge in [0.1, 0.15) is 5.75 Å². The van der Waals surface area contributed by atoms with Crippen LogP contribution in [0.1, 0.15) is 13.3 Å². The van der Waals surface area contributed by atoms with Gasteiger partial charge in [0.25, 0.3) is 0 Å². The molecule has 1 aromatic carbocycles. The van der Waals surface area contributed by atoms with Crippen LogP contribution in [0, 0.1) is 0 Å². The van der Waals surface area contributed by atoms with Gasteiger partial charge in [0.2, 0.25) is 5.91 Å². The van der Waals surface area contributed by atoms with Gasteiger partial charge < -0.3 is 10.1 Å². The molecule has 0 heterocycles. The molecule has 0 aromatic heterocycles. The molecule has 1 N–H and O–H groups in total. The minimum absolute atomic E-state index is 0.0000449. The van der Waals surface area contributed by atoms with E-state index >= 15 is 0 Å². The number of amides is 1. The highest BCUT2D eigenvalue weighted by Gasteiger charge is 2.06. The van der Waals surface area contributed by atoms with E-state index in [0.29, 0.717) is 12.4 Å². The Bertz CT molecular complexity index is 342. The van der Waals surface area contributed by atoms with Gasteiger partial charge in [0.05, 0.1) is 18.0 Å². The summed E-state index contributed by atoms with van der Waals surface area (Å²) in [6.45, 7) is 2.71. The predicted octanol–water partition coefficient (Wildman–Crippen LogP) is 2.78. The maximum absolute atomic E-state index is 11.5. The topological polar surface area (TPSA) is 38.3 Å². The summed E-state index contributed by atoms with van der Waals surface area (Å²) >= 11 is 1.50. The summed E-state index contributed by atoms with van der Waals surface area (Å²) in [6.07, 6.45) is 2.85. The van der Waals surface area contributed by atoms with Crippen LogP contribution in [-0.4, -0.2) is 24.5 Å². The first kappa shape index (κ1) is 12.9. The molecule has 0 aliphatic heterocycles. The second kappa shape index (κ2) is 7.17. The zero-order chi connectivity index (χ0) is 11.8. The Kier molecular flexibility index (Phi) is 5.78. The molecule has 4 heteroatoms. The largest absolute Gasteiger partial charge is 0.491 e. The maximum atomic E-state index is 11.5. The molecule has 16 heavy (non-hydrogen) atoms. The molecule has 0 aliphatic rings. The smallest absolute Gasteiger partial charge is 0.234 e. The molecular weight excluding hydrogens is 222 g/mol. The Balaban J connectivity index is 2.66. The van der Waals surface area contributed by atoms with Crippen LogP contribution >= 0.6 is 11.8 Å². The number of carbonyl (C=O) groups excluding carboxylic acids is 1. The third kappa shape index (κ3) is 4.14. The minimum Gasteiger partial charge on any atom is -0.491 e. The lowest BCUT2D eigenvalue weighted by Gasteiger charge is -2.11. The minimum atomic E-state index is 0.0000449. The van der Waals surface area contributed by atoms with E-state index in [0.717, 1.165) is 17.9 Å². The van der Waals surface area contributed by atoms with Crippen molar-refractivity contribution in [3.63, 3.8) is 0 Å². The fourth-order valence-corrected chi connectivity index (χ4v) is 1.56. The highest BCUT2D eigenvalue weighted by atomic mass is 32.2. The lowest BCUT2D eigenvalue weighted by atomic mass is 10.3. The lowest BCUT2D eigenvalue weighted by Crippen LogP contribution is -2.14. The van der Waals surface area contributed by atoms with Gasteiger partial charge in [0, 0.05) is 0 Å². The van der Waals surface area contributed by atoms with Crippen LogP contribution in [0.15, 0.2) is 24.3 Å². The van der Waals surface area contributed by atoms with Crippen LogP contribution in [-0.2, 0) is 4.79 Å². The van der Waals surface area contributed by atoms with Crippen molar-refractivity contribution < 1.29 is 9.53 Å². The summed E-state index contributed by atoms with van der Waals surface area (Å²) in [6, 6.07) is 7.50. The maximum Gasteiger partial charge on any atom is 0.234 e. The summed E-state index contributed by atoms with van der Waals surface area (Å²) in [5.41, 5.74) is 0.745. The fraction of sp³-hybridized carbons (Fsp3) is 0.417. The van der Waals surface area contributed by atoms with Crippen molar-refractivity contribution in [2.24, 2.45) is 0 Å². The van der Waals surface area contributed by atoms with E-state index < -0.39 is 0 Å². The van der Waals surface area contributed by atoms with E-state index in [1.165, 1.54) is 11.8 Å². The molecule has 0 atom stereocenters. The summed E-state index contributed by atoms with van der Waals surface area (Å²) in [7, 11) is 0. The molecule has 1 amide bonds. The van der Waals surface area contributed by atoms with Crippen molar-refractivity contribution in [2.75, 3.05) is 23.9 Å². The average Bonchev–Trinajstić information content (AvgIpc) is 2.28. The summed E-state index contributed by atoms with van der Waals surface area (Å²) in [5, 5.41) is 2.84. The van der Waals surface area contributed by atoms with E-state index in [1.54, 1.807) is 0 Å². The summed E-state index contributed by atoms with van der Waals surface area (Å²) in [5.74, 6) is 1.20. The predicted molar refractivity (Wildman–Crippen MR) is 69.2 cm³/mol. The molecule has 1 aromatic rings. The Morgan fingerprint density at radius 1 is 1.44 bits per heavy atom. The standard InChI is InChI=1S/C12H17NO2S/c1-3-8-15-11-7-5-4-6-10(11)13-12(14)9-16-2/h4-7H,3,8-9H2,1-2H3,(H,13,14). The average molecular weight is 239 g/mol. The molecule has 0 saturated heterocycles. The van der Waals surface area contributed by atoms with Crippen molar-refractivity contribution in [3.05, 3.63) is 24.3 Å². The van der Waals surface area contributed by atoms with Crippen LogP contribution < -0.4 is 10.1 Å². The number of carbonyl (C=O) groups is 1. The first-order valence-electron chi connectivity index (χ1n) is 5.28. The quantitative estimate of drug-likeness (QED) is 0.829. The van der Waals surface area contributed by atoms with Gasteiger partial charge in [-0.1, -0.05) is 19.1 Å². The molecule has 0 fully saturated rings. The SMILES string of the molecule is CCCOc1ccccc1NC(=O)CSC. The van der Waals surface area contributed by atoms with E-state index in [-0.39, 0.29) is 5.91 Å². The van der Waals surface area contributed by atoms with Crippen molar-refractivity contribution in [2.45, 2.75) is 13.3 Å². The Labute approximate surface area is 101 Å². The number of rotatable bonds is 6. The number of thioether (sulfide) groups is 1. The second-order valence-electron chi connectivity index (χ2n) is 3.33. The van der Waals surface area contributed by atoms with Gasteiger partial charge in [-0.05, 0) is 24.8 Å². The van der Waals surface area contributed by atoms with Crippen LogP contribution in [0.3, 0.4) is 0 Å².